The van der Waals surface area contributed by atoms with Gasteiger partial charge in [-0.15, -0.1) is 11.8 Å². The Morgan fingerprint density at radius 1 is 1.25 bits per heavy atom. The lowest BCUT2D eigenvalue weighted by molar-refractivity contribution is 0.373. The third kappa shape index (κ3) is 1.77. The van der Waals surface area contributed by atoms with Gasteiger partial charge in [-0.2, -0.15) is 0 Å². The van der Waals surface area contributed by atoms with Crippen molar-refractivity contribution in [2.45, 2.75) is 30.6 Å². The van der Waals surface area contributed by atoms with Gasteiger partial charge in [0.25, 0.3) is 0 Å². The van der Waals surface area contributed by atoms with E-state index < -0.39 is 0 Å². The number of nitrogens with two attached hydrogens (primary N) is 1. The summed E-state index contributed by atoms with van der Waals surface area (Å²) in [5.74, 6) is 1.26. The van der Waals surface area contributed by atoms with Crippen molar-refractivity contribution in [2.75, 3.05) is 23.3 Å². The van der Waals surface area contributed by atoms with E-state index in [-0.39, 0.29) is 0 Å². The highest BCUT2D eigenvalue weighted by Gasteiger charge is 2.35. The van der Waals surface area contributed by atoms with Crippen LogP contribution in [0, 0.1) is 5.41 Å². The fourth-order valence-corrected chi connectivity index (χ4v) is 4.13. The van der Waals surface area contributed by atoms with Gasteiger partial charge in [0.1, 0.15) is 0 Å². The van der Waals surface area contributed by atoms with Crippen LogP contribution in [0.5, 0.6) is 0 Å². The van der Waals surface area contributed by atoms with Crippen molar-refractivity contribution in [1.29, 1.82) is 0 Å². The van der Waals surface area contributed by atoms with Crippen LogP contribution >= 0.6 is 11.8 Å². The molecule has 1 heterocycles. The lowest BCUT2D eigenvalue weighted by atomic mass is 9.88. The molecule has 0 atom stereocenters. The lowest BCUT2D eigenvalue weighted by Crippen LogP contribution is -2.27. The van der Waals surface area contributed by atoms with E-state index in [1.807, 2.05) is 17.8 Å². The molecule has 2 nitrogen and oxygen atoms in total. The highest BCUT2D eigenvalue weighted by atomic mass is 32.2. The monoisotopic (exact) mass is 234 g/mol. The normalized spacial score (nSPS) is 22.5. The number of nitrogens with one attached hydrogen (secondary N) is 1. The third-order valence-corrected chi connectivity index (χ3v) is 5.28. The molecule has 1 fully saturated rings. The molecule has 1 aliphatic carbocycles. The number of rotatable bonds is 0. The molecule has 0 aromatic heterocycles. The highest BCUT2D eigenvalue weighted by Crippen LogP contribution is 2.46. The Bertz CT molecular complexity index is 397. The molecular formula is C13H18N2S. The molecule has 0 radical (unpaired) electrons. The standard InChI is InChI=1S/C13H18N2S/c14-10-3-4-12-11(7-10)15-8-13(9-16-12)5-1-2-6-13/h3-4,7,15H,1-2,5-6,8-9,14H2. The highest BCUT2D eigenvalue weighted by molar-refractivity contribution is 7.99. The molecule has 1 spiro atoms. The van der Waals surface area contributed by atoms with Gasteiger partial charge in [-0.05, 0) is 36.5 Å². The van der Waals surface area contributed by atoms with E-state index in [9.17, 15) is 0 Å². The average Bonchev–Trinajstić information content (AvgIpc) is 2.66. The second-order valence-corrected chi connectivity index (χ2v) is 6.12. The average molecular weight is 234 g/mol. The van der Waals surface area contributed by atoms with E-state index in [1.54, 1.807) is 0 Å². The van der Waals surface area contributed by atoms with Gasteiger partial charge in [-0.3, -0.25) is 0 Å². The van der Waals surface area contributed by atoms with Crippen LogP contribution in [0.4, 0.5) is 11.4 Å². The molecule has 86 valence electrons. The third-order valence-electron chi connectivity index (χ3n) is 3.86. The number of thioether (sulfide) groups is 1. The van der Waals surface area contributed by atoms with E-state index in [2.05, 4.69) is 17.4 Å². The fourth-order valence-electron chi connectivity index (χ4n) is 2.82. The first-order valence-corrected chi connectivity index (χ1v) is 7.02. The quantitative estimate of drug-likeness (QED) is 0.676. The summed E-state index contributed by atoms with van der Waals surface area (Å²) in [6.45, 7) is 1.12. The van der Waals surface area contributed by atoms with Crippen molar-refractivity contribution >= 4 is 23.1 Å². The zero-order valence-corrected chi connectivity index (χ0v) is 10.3. The first kappa shape index (κ1) is 10.3. The van der Waals surface area contributed by atoms with E-state index in [0.717, 1.165) is 12.2 Å². The van der Waals surface area contributed by atoms with Crippen molar-refractivity contribution in [2.24, 2.45) is 5.41 Å². The number of benzene rings is 1. The van der Waals surface area contributed by atoms with Crippen LogP contribution in [0.3, 0.4) is 0 Å². The molecule has 0 amide bonds. The van der Waals surface area contributed by atoms with Crippen LogP contribution in [-0.4, -0.2) is 12.3 Å². The van der Waals surface area contributed by atoms with Crippen LogP contribution in [-0.2, 0) is 0 Å². The van der Waals surface area contributed by atoms with Gasteiger partial charge in [0.2, 0.25) is 0 Å². The lowest BCUT2D eigenvalue weighted by Gasteiger charge is -2.26. The predicted molar refractivity (Wildman–Crippen MR) is 71.0 cm³/mol. The Kier molecular flexibility index (Phi) is 2.51. The van der Waals surface area contributed by atoms with Gasteiger partial charge < -0.3 is 11.1 Å². The maximum Gasteiger partial charge on any atom is 0.0499 e. The van der Waals surface area contributed by atoms with Crippen molar-refractivity contribution in [3.05, 3.63) is 18.2 Å². The zero-order chi connectivity index (χ0) is 11.0. The molecule has 1 aliphatic heterocycles. The van der Waals surface area contributed by atoms with Gasteiger partial charge in [0.05, 0.1) is 0 Å². The molecular weight excluding hydrogens is 216 g/mol. The van der Waals surface area contributed by atoms with E-state index in [4.69, 9.17) is 5.73 Å². The Labute approximate surface area is 101 Å². The number of nitrogen functional groups attached to an aromatic ring is 1. The zero-order valence-electron chi connectivity index (χ0n) is 9.46. The summed E-state index contributed by atoms with van der Waals surface area (Å²) in [4.78, 5) is 1.36. The first-order valence-electron chi connectivity index (χ1n) is 6.04. The molecule has 1 aromatic rings. The minimum absolute atomic E-state index is 0.540. The van der Waals surface area contributed by atoms with Crippen LogP contribution in [0.15, 0.2) is 23.1 Å². The maximum absolute atomic E-state index is 5.83. The second kappa shape index (κ2) is 3.88. The SMILES string of the molecule is Nc1ccc2c(c1)NCC1(CCCC1)CS2. The largest absolute Gasteiger partial charge is 0.399 e. The van der Waals surface area contributed by atoms with Gasteiger partial charge >= 0.3 is 0 Å². The molecule has 2 aliphatic rings. The summed E-state index contributed by atoms with van der Waals surface area (Å²) in [6.07, 6.45) is 5.58. The summed E-state index contributed by atoms with van der Waals surface area (Å²) in [5, 5.41) is 3.60. The number of hydrogen-bond donors (Lipinski definition) is 2. The van der Waals surface area contributed by atoms with E-state index in [0.29, 0.717) is 5.41 Å². The summed E-state index contributed by atoms with van der Waals surface area (Å²) < 4.78 is 0. The first-order chi connectivity index (χ1) is 7.77. The molecule has 0 bridgehead atoms. The summed E-state index contributed by atoms with van der Waals surface area (Å²) in [7, 11) is 0. The molecule has 1 saturated carbocycles. The van der Waals surface area contributed by atoms with Gasteiger partial charge in [-0.1, -0.05) is 12.8 Å². The molecule has 0 saturated heterocycles. The molecule has 0 unspecified atom stereocenters. The van der Waals surface area contributed by atoms with E-state index in [1.165, 1.54) is 42.0 Å². The topological polar surface area (TPSA) is 38.0 Å². The molecule has 3 N–H and O–H groups in total. The van der Waals surface area contributed by atoms with Crippen LogP contribution in [0.25, 0.3) is 0 Å². The van der Waals surface area contributed by atoms with Crippen molar-refractivity contribution < 1.29 is 0 Å². The number of anilines is 2. The molecule has 1 aromatic carbocycles. The van der Waals surface area contributed by atoms with Crippen LogP contribution in [0.1, 0.15) is 25.7 Å². The Morgan fingerprint density at radius 3 is 2.88 bits per heavy atom. The Morgan fingerprint density at radius 2 is 2.06 bits per heavy atom. The van der Waals surface area contributed by atoms with E-state index >= 15 is 0 Å². The Hall–Kier alpha value is -0.830. The van der Waals surface area contributed by atoms with Crippen LogP contribution < -0.4 is 11.1 Å². The summed E-state index contributed by atoms with van der Waals surface area (Å²) in [5.41, 5.74) is 8.45. The summed E-state index contributed by atoms with van der Waals surface area (Å²) in [6, 6.07) is 6.22. The summed E-state index contributed by atoms with van der Waals surface area (Å²) >= 11 is 2.00. The molecule has 3 heteroatoms. The van der Waals surface area contributed by atoms with Crippen LogP contribution in [0.2, 0.25) is 0 Å². The van der Waals surface area contributed by atoms with Gasteiger partial charge in [-0.25, -0.2) is 0 Å². The maximum atomic E-state index is 5.83. The minimum atomic E-state index is 0.540. The minimum Gasteiger partial charge on any atom is -0.399 e. The fraction of sp³-hybridized carbons (Fsp3) is 0.538. The molecule has 3 rings (SSSR count). The number of fused-ring (bicyclic) bond motifs is 1. The molecule has 16 heavy (non-hydrogen) atoms. The van der Waals surface area contributed by atoms with Crippen molar-refractivity contribution in [3.8, 4) is 0 Å². The second-order valence-electron chi connectivity index (χ2n) is 5.10. The van der Waals surface area contributed by atoms with Gasteiger partial charge in [0, 0.05) is 28.6 Å². The number of hydrogen-bond acceptors (Lipinski definition) is 3. The van der Waals surface area contributed by atoms with Gasteiger partial charge in [0.15, 0.2) is 0 Å². The van der Waals surface area contributed by atoms with Crippen molar-refractivity contribution in [1.82, 2.24) is 0 Å². The Balaban J connectivity index is 1.86. The smallest absolute Gasteiger partial charge is 0.0499 e. The van der Waals surface area contributed by atoms with Crippen molar-refractivity contribution in [3.63, 3.8) is 0 Å². The predicted octanol–water partition coefficient (Wildman–Crippen LogP) is 3.35.